The van der Waals surface area contributed by atoms with Crippen molar-refractivity contribution in [1.29, 1.82) is 0 Å². The average molecular weight is 381 g/mol. The van der Waals surface area contributed by atoms with Crippen molar-refractivity contribution >= 4 is 27.1 Å². The van der Waals surface area contributed by atoms with Crippen molar-refractivity contribution in [2.45, 2.75) is 32.6 Å². The number of nitro groups is 1. The Balaban J connectivity index is 2.52. The van der Waals surface area contributed by atoms with Gasteiger partial charge in [-0.2, -0.15) is 9.40 Å². The molecule has 142 valence electrons. The van der Waals surface area contributed by atoms with E-state index in [2.05, 4.69) is 10.4 Å². The van der Waals surface area contributed by atoms with Gasteiger partial charge in [0.15, 0.2) is 0 Å². The van der Waals surface area contributed by atoms with E-state index in [0.717, 1.165) is 11.8 Å². The fourth-order valence-corrected chi connectivity index (χ4v) is 4.21. The summed E-state index contributed by atoms with van der Waals surface area (Å²) in [7, 11) is -1.99. The molecule has 2 rings (SSSR count). The Hall–Kier alpha value is -2.46. The lowest BCUT2D eigenvalue weighted by Gasteiger charge is -2.18. The number of nitro benzene ring substituents is 1. The fraction of sp³-hybridized carbons (Fsp3) is 0.438. The highest BCUT2D eigenvalue weighted by Crippen LogP contribution is 2.33. The Morgan fingerprint density at radius 3 is 2.35 bits per heavy atom. The quantitative estimate of drug-likeness (QED) is 0.583. The van der Waals surface area contributed by atoms with Crippen LogP contribution in [0.1, 0.15) is 25.2 Å². The maximum Gasteiger partial charge on any atom is 0.294 e. The number of benzene rings is 1. The van der Waals surface area contributed by atoms with Crippen LogP contribution in [-0.2, 0) is 17.1 Å². The third kappa shape index (κ3) is 3.56. The summed E-state index contributed by atoms with van der Waals surface area (Å²) in [5, 5.41) is 18.8. The summed E-state index contributed by atoms with van der Waals surface area (Å²) >= 11 is 0. The minimum Gasteiger partial charge on any atom is -0.347 e. The van der Waals surface area contributed by atoms with E-state index in [-0.39, 0.29) is 16.3 Å². The molecule has 0 fully saturated rings. The van der Waals surface area contributed by atoms with E-state index in [1.807, 2.05) is 6.92 Å². The normalized spacial score (nSPS) is 11.8. The van der Waals surface area contributed by atoms with Gasteiger partial charge in [-0.3, -0.25) is 14.8 Å². The lowest BCUT2D eigenvalue weighted by Crippen LogP contribution is -2.30. The molecule has 1 heterocycles. The number of aryl methyl sites for hydroxylation is 2. The van der Waals surface area contributed by atoms with Crippen LogP contribution in [0.25, 0.3) is 0 Å². The van der Waals surface area contributed by atoms with Gasteiger partial charge >= 0.3 is 0 Å². The van der Waals surface area contributed by atoms with Gasteiger partial charge in [0.2, 0.25) is 10.0 Å². The van der Waals surface area contributed by atoms with E-state index in [0.29, 0.717) is 24.5 Å². The Morgan fingerprint density at radius 2 is 1.88 bits per heavy atom. The molecule has 0 spiro atoms. The molecule has 10 heteroatoms. The van der Waals surface area contributed by atoms with Crippen LogP contribution in [0.3, 0.4) is 0 Å². The molecule has 0 aliphatic rings. The smallest absolute Gasteiger partial charge is 0.294 e. The number of hydrogen-bond acceptors (Lipinski definition) is 6. The predicted molar refractivity (Wildman–Crippen MR) is 99.2 cm³/mol. The van der Waals surface area contributed by atoms with Crippen LogP contribution in [0.4, 0.5) is 17.1 Å². The van der Waals surface area contributed by atoms with Gasteiger partial charge in [0.1, 0.15) is 5.69 Å². The van der Waals surface area contributed by atoms with Crippen LogP contribution in [0, 0.1) is 24.0 Å². The second-order valence-corrected chi connectivity index (χ2v) is 7.76. The predicted octanol–water partition coefficient (Wildman–Crippen LogP) is 2.72. The minimum absolute atomic E-state index is 0.0990. The topological polar surface area (TPSA) is 110 Å². The number of aromatic nitrogens is 2. The van der Waals surface area contributed by atoms with Gasteiger partial charge in [0, 0.05) is 26.2 Å². The van der Waals surface area contributed by atoms with E-state index in [4.69, 9.17) is 0 Å². The van der Waals surface area contributed by atoms with Gasteiger partial charge in [-0.25, -0.2) is 8.42 Å². The van der Waals surface area contributed by atoms with Crippen molar-refractivity contribution in [2.24, 2.45) is 7.05 Å². The molecule has 0 aliphatic carbocycles. The van der Waals surface area contributed by atoms with Crippen LogP contribution in [0.5, 0.6) is 0 Å². The first-order valence-electron chi connectivity index (χ1n) is 8.19. The van der Waals surface area contributed by atoms with Crippen molar-refractivity contribution in [3.05, 3.63) is 39.7 Å². The Kier molecular flexibility index (Phi) is 5.67. The zero-order chi connectivity index (χ0) is 19.6. The third-order valence-corrected chi connectivity index (χ3v) is 6.32. The summed E-state index contributed by atoms with van der Waals surface area (Å²) in [6.07, 6.45) is 0. The van der Waals surface area contributed by atoms with E-state index < -0.39 is 14.9 Å². The molecule has 1 aromatic carbocycles. The molecular weight excluding hydrogens is 358 g/mol. The van der Waals surface area contributed by atoms with Gasteiger partial charge in [0.05, 0.1) is 26.9 Å². The van der Waals surface area contributed by atoms with Crippen molar-refractivity contribution in [1.82, 2.24) is 14.1 Å². The second kappa shape index (κ2) is 7.42. The first kappa shape index (κ1) is 19.9. The van der Waals surface area contributed by atoms with E-state index in [1.54, 1.807) is 32.5 Å². The molecule has 0 saturated carbocycles. The molecule has 26 heavy (non-hydrogen) atoms. The number of nitrogens with zero attached hydrogens (tertiary/aromatic N) is 4. The number of sulfonamides is 1. The van der Waals surface area contributed by atoms with Gasteiger partial charge in [-0.1, -0.05) is 13.8 Å². The fourth-order valence-electron chi connectivity index (χ4n) is 2.73. The zero-order valence-corrected chi connectivity index (χ0v) is 16.3. The molecular formula is C16H23N5O4S. The average Bonchev–Trinajstić information content (AvgIpc) is 2.82. The lowest BCUT2D eigenvalue weighted by atomic mass is 10.2. The van der Waals surface area contributed by atoms with E-state index in [1.165, 1.54) is 16.4 Å². The maximum atomic E-state index is 12.6. The molecule has 1 aromatic heterocycles. The van der Waals surface area contributed by atoms with Crippen LogP contribution in [0.2, 0.25) is 0 Å². The van der Waals surface area contributed by atoms with E-state index in [9.17, 15) is 18.5 Å². The summed E-state index contributed by atoms with van der Waals surface area (Å²) in [4.78, 5) is 10.8. The summed E-state index contributed by atoms with van der Waals surface area (Å²) in [6.45, 7) is 7.66. The number of anilines is 2. The summed E-state index contributed by atoms with van der Waals surface area (Å²) in [5.41, 5.74) is 2.08. The zero-order valence-electron chi connectivity index (χ0n) is 15.5. The minimum atomic E-state index is -3.77. The highest BCUT2D eigenvalue weighted by molar-refractivity contribution is 7.89. The summed E-state index contributed by atoms with van der Waals surface area (Å²) < 4.78 is 28.2. The molecule has 9 nitrogen and oxygen atoms in total. The molecule has 0 saturated heterocycles. The largest absolute Gasteiger partial charge is 0.347 e. The van der Waals surface area contributed by atoms with Gasteiger partial charge in [-0.05, 0) is 26.0 Å². The third-order valence-electron chi connectivity index (χ3n) is 4.28. The standard InChI is InChI=1S/C16H23N5O4S/c1-6-20(7-2)26(24,25)13-8-9-14(15(10-13)21(22)23)17-16-11(3)18-19(5)12(16)4/h8-10,17H,6-7H2,1-5H3. The van der Waals surface area contributed by atoms with Crippen molar-refractivity contribution < 1.29 is 13.3 Å². The number of hydrogen-bond donors (Lipinski definition) is 1. The van der Waals surface area contributed by atoms with Crippen molar-refractivity contribution in [2.75, 3.05) is 18.4 Å². The van der Waals surface area contributed by atoms with E-state index >= 15 is 0 Å². The summed E-state index contributed by atoms with van der Waals surface area (Å²) in [6, 6.07) is 3.89. The van der Waals surface area contributed by atoms with Crippen molar-refractivity contribution in [3.63, 3.8) is 0 Å². The van der Waals surface area contributed by atoms with Gasteiger partial charge < -0.3 is 5.32 Å². The van der Waals surface area contributed by atoms with Crippen LogP contribution < -0.4 is 5.32 Å². The Morgan fingerprint density at radius 1 is 1.27 bits per heavy atom. The molecule has 0 bridgehead atoms. The SMILES string of the molecule is CCN(CC)S(=O)(=O)c1ccc(Nc2c(C)nn(C)c2C)c([N+](=O)[O-])c1. The maximum absolute atomic E-state index is 12.6. The van der Waals surface area contributed by atoms with Crippen LogP contribution in [-0.4, -0.2) is 40.5 Å². The monoisotopic (exact) mass is 381 g/mol. The van der Waals surface area contributed by atoms with Gasteiger partial charge in [0.25, 0.3) is 5.69 Å². The highest BCUT2D eigenvalue weighted by Gasteiger charge is 2.26. The summed E-state index contributed by atoms with van der Waals surface area (Å²) in [5.74, 6) is 0. The lowest BCUT2D eigenvalue weighted by molar-refractivity contribution is -0.384. The Labute approximate surface area is 152 Å². The molecule has 0 radical (unpaired) electrons. The van der Waals surface area contributed by atoms with Crippen LogP contribution in [0.15, 0.2) is 23.1 Å². The molecule has 0 atom stereocenters. The molecule has 0 amide bonds. The second-order valence-electron chi connectivity index (χ2n) is 5.82. The first-order chi connectivity index (χ1) is 12.1. The van der Waals surface area contributed by atoms with Crippen LogP contribution >= 0.6 is 0 Å². The van der Waals surface area contributed by atoms with Crippen molar-refractivity contribution in [3.8, 4) is 0 Å². The van der Waals surface area contributed by atoms with Gasteiger partial charge in [-0.15, -0.1) is 0 Å². The Bertz CT molecular complexity index is 932. The first-order valence-corrected chi connectivity index (χ1v) is 9.63. The molecule has 2 aromatic rings. The number of rotatable bonds is 7. The molecule has 0 unspecified atom stereocenters. The molecule has 0 aliphatic heterocycles. The molecule has 1 N–H and O–H groups in total. The number of nitrogens with one attached hydrogen (secondary N) is 1. The highest BCUT2D eigenvalue weighted by atomic mass is 32.2.